The van der Waals surface area contributed by atoms with Crippen molar-refractivity contribution in [3.63, 3.8) is 0 Å². The third-order valence-corrected chi connectivity index (χ3v) is 4.55. The monoisotopic (exact) mass is 428 g/mol. The van der Waals surface area contributed by atoms with Gasteiger partial charge in [-0.1, -0.05) is 12.1 Å². The Hall–Kier alpha value is -4.15. The number of hydrogen-bond acceptors (Lipinski definition) is 8. The Kier molecular flexibility index (Phi) is 6.34. The zero-order valence-electron chi connectivity index (χ0n) is 17.0. The zero-order valence-corrected chi connectivity index (χ0v) is 17.0. The van der Waals surface area contributed by atoms with E-state index in [0.717, 1.165) is 0 Å². The van der Waals surface area contributed by atoms with Crippen molar-refractivity contribution in [3.8, 4) is 17.2 Å². The summed E-state index contributed by atoms with van der Waals surface area (Å²) in [6, 6.07) is 8.10. The van der Waals surface area contributed by atoms with Crippen LogP contribution in [0.25, 0.3) is 0 Å². The van der Waals surface area contributed by atoms with Gasteiger partial charge in [-0.3, -0.25) is 30.3 Å². The molecule has 2 N–H and O–H groups in total. The maximum atomic E-state index is 12.8. The average molecular weight is 428 g/mol. The summed E-state index contributed by atoms with van der Waals surface area (Å²) in [5.41, 5.74) is 0.564. The van der Waals surface area contributed by atoms with Crippen molar-refractivity contribution in [2.45, 2.75) is 12.5 Å². The molecule has 0 fully saturated rings. The molecule has 0 radical (unpaired) electrons. The maximum absolute atomic E-state index is 12.8. The van der Waals surface area contributed by atoms with Crippen LogP contribution in [0.2, 0.25) is 0 Å². The molecule has 1 atom stereocenters. The van der Waals surface area contributed by atoms with E-state index in [4.69, 9.17) is 14.2 Å². The predicted molar refractivity (Wildman–Crippen MR) is 110 cm³/mol. The van der Waals surface area contributed by atoms with Crippen LogP contribution in [0.15, 0.2) is 41.4 Å². The summed E-state index contributed by atoms with van der Waals surface area (Å²) in [6.07, 6.45) is -0.00921. The predicted octanol–water partition coefficient (Wildman–Crippen LogP) is 1.97. The van der Waals surface area contributed by atoms with E-state index in [1.165, 1.54) is 51.7 Å². The molecule has 0 aromatic heterocycles. The number of guanidine groups is 1. The highest BCUT2D eigenvalue weighted by Gasteiger charge is 2.25. The minimum atomic E-state index is -0.677. The average Bonchev–Trinajstić information content (AvgIpc) is 2.77. The lowest BCUT2D eigenvalue weighted by Crippen LogP contribution is -2.47. The Morgan fingerprint density at radius 3 is 2.42 bits per heavy atom. The van der Waals surface area contributed by atoms with Gasteiger partial charge in [-0.25, -0.2) is 4.99 Å². The number of carbonyl (C=O) groups is 2. The van der Waals surface area contributed by atoms with Crippen LogP contribution < -0.4 is 24.8 Å². The molecular weight excluding hydrogens is 408 g/mol. The highest BCUT2D eigenvalue weighted by Crippen LogP contribution is 2.38. The van der Waals surface area contributed by atoms with Gasteiger partial charge in [0.1, 0.15) is 0 Å². The summed E-state index contributed by atoms with van der Waals surface area (Å²) in [6.45, 7) is 0. The molecule has 1 aliphatic rings. The number of nitro groups is 1. The van der Waals surface area contributed by atoms with Crippen molar-refractivity contribution >= 4 is 23.5 Å². The molecule has 0 saturated carbocycles. The van der Waals surface area contributed by atoms with Crippen LogP contribution in [0.5, 0.6) is 17.2 Å². The molecule has 2 aromatic carbocycles. The summed E-state index contributed by atoms with van der Waals surface area (Å²) in [5, 5.41) is 16.0. The third-order valence-electron chi connectivity index (χ3n) is 4.55. The quantitative estimate of drug-likeness (QED) is 0.529. The molecule has 31 heavy (non-hydrogen) atoms. The second-order valence-electron chi connectivity index (χ2n) is 6.47. The van der Waals surface area contributed by atoms with E-state index in [2.05, 4.69) is 15.6 Å². The molecular formula is C20H20N4O7. The lowest BCUT2D eigenvalue weighted by Gasteiger charge is -2.21. The topological polar surface area (TPSA) is 141 Å². The van der Waals surface area contributed by atoms with Gasteiger partial charge in [0.05, 0.1) is 38.7 Å². The first-order chi connectivity index (χ1) is 14.9. The maximum Gasteiger partial charge on any atom is 0.269 e. The summed E-state index contributed by atoms with van der Waals surface area (Å²) in [4.78, 5) is 39.7. The third kappa shape index (κ3) is 4.71. The molecule has 0 aliphatic carbocycles. The van der Waals surface area contributed by atoms with E-state index in [-0.39, 0.29) is 41.0 Å². The van der Waals surface area contributed by atoms with Crippen molar-refractivity contribution in [3.05, 3.63) is 57.6 Å². The number of hydrogen-bond donors (Lipinski definition) is 2. The van der Waals surface area contributed by atoms with E-state index < -0.39 is 16.9 Å². The van der Waals surface area contributed by atoms with Gasteiger partial charge in [0.25, 0.3) is 11.6 Å². The minimum absolute atomic E-state index is 0.00921. The van der Waals surface area contributed by atoms with Crippen LogP contribution in [-0.2, 0) is 4.79 Å². The van der Waals surface area contributed by atoms with Gasteiger partial charge in [0.2, 0.25) is 17.6 Å². The number of ether oxygens (including phenoxy) is 3. The summed E-state index contributed by atoms with van der Waals surface area (Å²) >= 11 is 0. The van der Waals surface area contributed by atoms with E-state index in [9.17, 15) is 19.7 Å². The molecule has 162 valence electrons. The Labute approximate surface area is 177 Å². The van der Waals surface area contributed by atoms with Gasteiger partial charge in [-0.05, 0) is 17.7 Å². The van der Waals surface area contributed by atoms with Crippen LogP contribution in [0.1, 0.15) is 28.4 Å². The van der Waals surface area contributed by atoms with Crippen molar-refractivity contribution in [1.29, 1.82) is 0 Å². The Balaban J connectivity index is 1.87. The highest BCUT2D eigenvalue weighted by molar-refractivity contribution is 6.11. The second kappa shape index (κ2) is 9.11. The second-order valence-corrected chi connectivity index (χ2v) is 6.47. The van der Waals surface area contributed by atoms with Crippen LogP contribution in [0, 0.1) is 10.1 Å². The highest BCUT2D eigenvalue weighted by atomic mass is 16.6. The molecule has 2 amide bonds. The number of nitrogens with zero attached hydrogens (tertiary/aromatic N) is 2. The van der Waals surface area contributed by atoms with Crippen molar-refractivity contribution < 1.29 is 28.7 Å². The summed E-state index contributed by atoms with van der Waals surface area (Å²) < 4.78 is 15.7. The number of aliphatic imine (C=N–C) groups is 1. The molecule has 1 heterocycles. The summed E-state index contributed by atoms with van der Waals surface area (Å²) in [7, 11) is 4.29. The largest absolute Gasteiger partial charge is 0.493 e. The fourth-order valence-corrected chi connectivity index (χ4v) is 3.09. The van der Waals surface area contributed by atoms with Crippen molar-refractivity contribution in [2.75, 3.05) is 21.3 Å². The smallest absolute Gasteiger partial charge is 0.269 e. The number of nitro benzene ring substituents is 1. The number of nitrogens with one attached hydrogen (secondary N) is 2. The summed E-state index contributed by atoms with van der Waals surface area (Å²) in [5.74, 6) is -0.112. The molecule has 0 bridgehead atoms. The lowest BCUT2D eigenvalue weighted by atomic mass is 10.0. The van der Waals surface area contributed by atoms with E-state index in [1.54, 1.807) is 6.07 Å². The fourth-order valence-electron chi connectivity index (χ4n) is 3.09. The number of carbonyl (C=O) groups excluding carboxylic acids is 2. The fraction of sp³-hybridized carbons (Fsp3) is 0.250. The van der Waals surface area contributed by atoms with Crippen molar-refractivity contribution in [2.24, 2.45) is 4.99 Å². The van der Waals surface area contributed by atoms with Gasteiger partial charge in [0.15, 0.2) is 11.5 Å². The van der Waals surface area contributed by atoms with E-state index in [0.29, 0.717) is 11.3 Å². The van der Waals surface area contributed by atoms with Crippen LogP contribution in [-0.4, -0.2) is 44.0 Å². The molecule has 3 rings (SSSR count). The van der Waals surface area contributed by atoms with Crippen LogP contribution in [0.4, 0.5) is 5.69 Å². The SMILES string of the molecule is COc1cc(C(=O)NC2=N[C@@H](c3cccc([N+](=O)[O-])c3)CC(=O)N2)cc(OC)c1OC. The Bertz CT molecular complexity index is 1040. The molecule has 1 aliphatic heterocycles. The number of amides is 2. The Morgan fingerprint density at radius 1 is 1.16 bits per heavy atom. The normalized spacial score (nSPS) is 15.4. The number of rotatable bonds is 6. The van der Waals surface area contributed by atoms with Crippen LogP contribution in [0.3, 0.4) is 0 Å². The number of methoxy groups -OCH3 is 3. The molecule has 11 heteroatoms. The number of benzene rings is 2. The molecule has 2 aromatic rings. The van der Waals surface area contributed by atoms with Crippen LogP contribution >= 0.6 is 0 Å². The van der Waals surface area contributed by atoms with Crippen molar-refractivity contribution in [1.82, 2.24) is 10.6 Å². The first-order valence-electron chi connectivity index (χ1n) is 9.09. The Morgan fingerprint density at radius 2 is 1.84 bits per heavy atom. The first kappa shape index (κ1) is 21.6. The molecule has 0 saturated heterocycles. The first-order valence-corrected chi connectivity index (χ1v) is 9.09. The van der Waals surface area contributed by atoms with Gasteiger partial charge < -0.3 is 14.2 Å². The standard InChI is InChI=1S/C20H20N4O7/c1-29-15-8-12(9-16(30-2)18(15)31-3)19(26)23-20-21-14(10-17(25)22-20)11-5-4-6-13(7-11)24(27)28/h4-9,14H,10H2,1-3H3,(H2,21,22,23,25,26)/t14-/m1/s1. The zero-order chi connectivity index (χ0) is 22.5. The molecule has 0 unspecified atom stereocenters. The van der Waals surface area contributed by atoms with Gasteiger partial charge in [-0.15, -0.1) is 0 Å². The molecule has 11 nitrogen and oxygen atoms in total. The number of non-ortho nitro benzene ring substituents is 1. The van der Waals surface area contributed by atoms with Gasteiger partial charge >= 0.3 is 0 Å². The molecule has 0 spiro atoms. The van der Waals surface area contributed by atoms with E-state index in [1.807, 2.05) is 0 Å². The van der Waals surface area contributed by atoms with E-state index >= 15 is 0 Å². The minimum Gasteiger partial charge on any atom is -0.493 e. The lowest BCUT2D eigenvalue weighted by molar-refractivity contribution is -0.384. The van der Waals surface area contributed by atoms with Gasteiger partial charge in [-0.2, -0.15) is 0 Å². The van der Waals surface area contributed by atoms with Gasteiger partial charge in [0, 0.05) is 17.7 Å².